The first kappa shape index (κ1) is 19.4. The Morgan fingerprint density at radius 2 is 1.83 bits per heavy atom. The Kier molecular flexibility index (Phi) is 5.34. The summed E-state index contributed by atoms with van der Waals surface area (Å²) in [5.74, 6) is -2.13. The number of nitrogens with zero attached hydrogens (tertiary/aromatic N) is 2. The molecule has 0 aliphatic carbocycles. The smallest absolute Gasteiger partial charge is 0.270 e. The van der Waals surface area contributed by atoms with Gasteiger partial charge in [0, 0.05) is 17.8 Å². The van der Waals surface area contributed by atoms with Crippen LogP contribution in [0.15, 0.2) is 73.1 Å². The Labute approximate surface area is 171 Å². The number of pyridine rings is 2. The summed E-state index contributed by atoms with van der Waals surface area (Å²) in [6.07, 6.45) is 3.14. The second-order valence-electron chi connectivity index (χ2n) is 6.60. The van der Waals surface area contributed by atoms with E-state index in [1.54, 1.807) is 30.6 Å². The van der Waals surface area contributed by atoms with E-state index in [4.69, 9.17) is 4.74 Å². The van der Waals surface area contributed by atoms with Crippen LogP contribution in [0.2, 0.25) is 0 Å². The Balaban J connectivity index is 1.73. The number of amides is 1. The van der Waals surface area contributed by atoms with Gasteiger partial charge >= 0.3 is 0 Å². The van der Waals surface area contributed by atoms with E-state index in [0.717, 1.165) is 22.9 Å². The van der Waals surface area contributed by atoms with Gasteiger partial charge in [-0.2, -0.15) is 0 Å². The SMILES string of the molecule is COc1nc(C(=O)NC(c2cccnc2)c2ccc(F)c(F)c2)cc2ccccc12. The van der Waals surface area contributed by atoms with Crippen molar-refractivity contribution < 1.29 is 18.3 Å². The lowest BCUT2D eigenvalue weighted by molar-refractivity contribution is 0.0937. The van der Waals surface area contributed by atoms with Gasteiger partial charge in [0.15, 0.2) is 11.6 Å². The minimum absolute atomic E-state index is 0.141. The highest BCUT2D eigenvalue weighted by Gasteiger charge is 2.21. The second-order valence-corrected chi connectivity index (χ2v) is 6.60. The highest BCUT2D eigenvalue weighted by Crippen LogP contribution is 2.26. The Hall–Kier alpha value is -3.87. The molecule has 150 valence electrons. The minimum atomic E-state index is -0.999. The highest BCUT2D eigenvalue weighted by atomic mass is 19.2. The second kappa shape index (κ2) is 8.24. The van der Waals surface area contributed by atoms with Crippen LogP contribution in [0.4, 0.5) is 8.78 Å². The molecular formula is C23H17F2N3O2. The average Bonchev–Trinajstić information content (AvgIpc) is 2.79. The molecule has 4 rings (SSSR count). The lowest BCUT2D eigenvalue weighted by Gasteiger charge is -2.20. The van der Waals surface area contributed by atoms with E-state index >= 15 is 0 Å². The fourth-order valence-corrected chi connectivity index (χ4v) is 3.24. The van der Waals surface area contributed by atoms with Crippen molar-refractivity contribution in [2.24, 2.45) is 0 Å². The zero-order valence-corrected chi connectivity index (χ0v) is 16.0. The molecule has 0 spiro atoms. The van der Waals surface area contributed by atoms with Crippen molar-refractivity contribution in [2.45, 2.75) is 6.04 Å². The fourth-order valence-electron chi connectivity index (χ4n) is 3.24. The summed E-state index contributed by atoms with van der Waals surface area (Å²) in [6, 6.07) is 15.3. The predicted molar refractivity (Wildman–Crippen MR) is 108 cm³/mol. The highest BCUT2D eigenvalue weighted by molar-refractivity contribution is 5.98. The molecule has 30 heavy (non-hydrogen) atoms. The maximum absolute atomic E-state index is 13.9. The number of halogens is 2. The van der Waals surface area contributed by atoms with E-state index in [-0.39, 0.29) is 5.69 Å². The Morgan fingerprint density at radius 3 is 2.57 bits per heavy atom. The van der Waals surface area contributed by atoms with Crippen molar-refractivity contribution in [3.63, 3.8) is 0 Å². The Bertz CT molecular complexity index is 1220. The molecule has 7 heteroatoms. The normalized spacial score (nSPS) is 11.8. The molecule has 0 saturated heterocycles. The molecule has 1 atom stereocenters. The van der Waals surface area contributed by atoms with Crippen LogP contribution in [-0.2, 0) is 0 Å². The monoisotopic (exact) mass is 405 g/mol. The molecule has 2 heterocycles. The molecule has 0 saturated carbocycles. The van der Waals surface area contributed by atoms with Crippen LogP contribution in [0.25, 0.3) is 10.8 Å². The maximum Gasteiger partial charge on any atom is 0.270 e. The molecule has 2 aromatic heterocycles. The number of nitrogens with one attached hydrogen (secondary N) is 1. The number of benzene rings is 2. The van der Waals surface area contributed by atoms with Gasteiger partial charge in [0.05, 0.1) is 13.2 Å². The van der Waals surface area contributed by atoms with Gasteiger partial charge in [0.2, 0.25) is 5.88 Å². The van der Waals surface area contributed by atoms with Crippen LogP contribution in [0.1, 0.15) is 27.7 Å². The summed E-state index contributed by atoms with van der Waals surface area (Å²) >= 11 is 0. The summed E-state index contributed by atoms with van der Waals surface area (Å²) < 4.78 is 32.6. The third kappa shape index (κ3) is 3.82. The molecule has 0 fully saturated rings. The number of rotatable bonds is 5. The van der Waals surface area contributed by atoms with Gasteiger partial charge < -0.3 is 10.1 Å². The lowest BCUT2D eigenvalue weighted by atomic mass is 9.99. The molecule has 1 amide bonds. The molecule has 0 aliphatic rings. The molecule has 1 N–H and O–H groups in total. The van der Waals surface area contributed by atoms with E-state index in [0.29, 0.717) is 17.0 Å². The van der Waals surface area contributed by atoms with Crippen molar-refractivity contribution >= 4 is 16.7 Å². The zero-order chi connectivity index (χ0) is 21.1. The number of methoxy groups -OCH3 is 1. The van der Waals surface area contributed by atoms with Crippen molar-refractivity contribution in [3.05, 3.63) is 102 Å². The lowest BCUT2D eigenvalue weighted by Crippen LogP contribution is -2.30. The predicted octanol–water partition coefficient (Wildman–Crippen LogP) is 4.44. The first-order valence-electron chi connectivity index (χ1n) is 9.16. The van der Waals surface area contributed by atoms with Crippen LogP contribution in [0, 0.1) is 11.6 Å². The minimum Gasteiger partial charge on any atom is -0.481 e. The third-order valence-corrected chi connectivity index (χ3v) is 4.70. The van der Waals surface area contributed by atoms with E-state index < -0.39 is 23.6 Å². The summed E-state index contributed by atoms with van der Waals surface area (Å²) in [7, 11) is 1.48. The molecule has 2 aromatic carbocycles. The van der Waals surface area contributed by atoms with Crippen LogP contribution in [0.5, 0.6) is 5.88 Å². The molecule has 0 aliphatic heterocycles. The van der Waals surface area contributed by atoms with Gasteiger partial charge in [-0.1, -0.05) is 30.3 Å². The van der Waals surface area contributed by atoms with E-state index in [1.165, 1.54) is 13.2 Å². The van der Waals surface area contributed by atoms with Crippen molar-refractivity contribution in [1.82, 2.24) is 15.3 Å². The third-order valence-electron chi connectivity index (χ3n) is 4.70. The van der Waals surface area contributed by atoms with E-state index in [9.17, 15) is 13.6 Å². The van der Waals surface area contributed by atoms with Gasteiger partial charge in [-0.15, -0.1) is 0 Å². The van der Waals surface area contributed by atoms with Crippen LogP contribution >= 0.6 is 0 Å². The first-order chi connectivity index (χ1) is 14.6. The number of fused-ring (bicyclic) bond motifs is 1. The topological polar surface area (TPSA) is 64.1 Å². The Morgan fingerprint density at radius 1 is 1.00 bits per heavy atom. The van der Waals surface area contributed by atoms with Crippen LogP contribution in [0.3, 0.4) is 0 Å². The number of hydrogen-bond donors (Lipinski definition) is 1. The standard InChI is InChI=1S/C23H17F2N3O2/c1-30-23-17-7-3-2-5-14(17)12-20(27-23)22(29)28-21(16-6-4-10-26-13-16)15-8-9-18(24)19(25)11-15/h2-13,21H,1H3,(H,28,29). The summed E-state index contributed by atoms with van der Waals surface area (Å²) in [4.78, 5) is 21.4. The average molecular weight is 405 g/mol. The van der Waals surface area contributed by atoms with Gasteiger partial charge in [-0.3, -0.25) is 9.78 Å². The molecule has 0 bridgehead atoms. The molecule has 4 aromatic rings. The molecular weight excluding hydrogens is 388 g/mol. The van der Waals surface area contributed by atoms with Gasteiger partial charge in [-0.05, 0) is 46.8 Å². The number of hydrogen-bond acceptors (Lipinski definition) is 4. The van der Waals surface area contributed by atoms with Crippen LogP contribution < -0.4 is 10.1 Å². The fraction of sp³-hybridized carbons (Fsp3) is 0.0870. The molecule has 0 radical (unpaired) electrons. The summed E-state index contributed by atoms with van der Waals surface area (Å²) in [5, 5.41) is 4.41. The zero-order valence-electron chi connectivity index (χ0n) is 16.0. The van der Waals surface area contributed by atoms with Crippen LogP contribution in [-0.4, -0.2) is 23.0 Å². The first-order valence-corrected chi connectivity index (χ1v) is 9.16. The maximum atomic E-state index is 13.9. The summed E-state index contributed by atoms with van der Waals surface area (Å²) in [6.45, 7) is 0. The van der Waals surface area contributed by atoms with Gasteiger partial charge in [0.1, 0.15) is 5.69 Å². The van der Waals surface area contributed by atoms with Gasteiger partial charge in [-0.25, -0.2) is 13.8 Å². The van der Waals surface area contributed by atoms with Crippen molar-refractivity contribution in [1.29, 1.82) is 0 Å². The number of aromatic nitrogens is 2. The molecule has 1 unspecified atom stereocenters. The number of carbonyl (C=O) groups excluding carboxylic acids is 1. The van der Waals surface area contributed by atoms with E-state index in [1.807, 2.05) is 24.3 Å². The van der Waals surface area contributed by atoms with E-state index in [2.05, 4.69) is 15.3 Å². The number of ether oxygens (including phenoxy) is 1. The van der Waals surface area contributed by atoms with Crippen molar-refractivity contribution in [2.75, 3.05) is 7.11 Å². The quantitative estimate of drug-likeness (QED) is 0.533. The number of carbonyl (C=O) groups is 1. The van der Waals surface area contributed by atoms with Gasteiger partial charge in [0.25, 0.3) is 5.91 Å². The molecule has 5 nitrogen and oxygen atoms in total. The largest absolute Gasteiger partial charge is 0.481 e. The summed E-state index contributed by atoms with van der Waals surface area (Å²) in [5.41, 5.74) is 1.13. The van der Waals surface area contributed by atoms with Crippen molar-refractivity contribution in [3.8, 4) is 5.88 Å².